The second-order valence-electron chi connectivity index (χ2n) is 8.53. The smallest absolute Gasteiger partial charge is 0.140 e. The minimum absolute atomic E-state index is 0.0829. The fourth-order valence-corrected chi connectivity index (χ4v) is 4.23. The first kappa shape index (κ1) is 20.4. The molecule has 2 aliphatic rings. The van der Waals surface area contributed by atoms with E-state index >= 15 is 0 Å². The van der Waals surface area contributed by atoms with Crippen LogP contribution in [0, 0.1) is 12.7 Å². The minimum atomic E-state index is -0.230. The van der Waals surface area contributed by atoms with E-state index in [1.54, 1.807) is 19.2 Å². The highest BCUT2D eigenvalue weighted by Gasteiger charge is 2.29. The molecule has 3 aromatic rings. The molecule has 5 rings (SSSR count). The third kappa shape index (κ3) is 4.28. The van der Waals surface area contributed by atoms with Crippen LogP contribution in [-0.4, -0.2) is 22.0 Å². The molecule has 0 radical (unpaired) electrons. The van der Waals surface area contributed by atoms with Gasteiger partial charge in [0.1, 0.15) is 11.6 Å². The Bertz CT molecular complexity index is 1200. The number of hydrogen-bond acceptors (Lipinski definition) is 4. The molecule has 0 bridgehead atoms. The molecule has 5 heteroatoms. The summed E-state index contributed by atoms with van der Waals surface area (Å²) >= 11 is 0. The Morgan fingerprint density at radius 2 is 2.00 bits per heavy atom. The number of nitrogens with zero attached hydrogens (tertiary/aromatic N) is 3. The zero-order valence-corrected chi connectivity index (χ0v) is 18.3. The third-order valence-corrected chi connectivity index (χ3v) is 5.99. The van der Waals surface area contributed by atoms with E-state index in [4.69, 9.17) is 9.72 Å². The van der Waals surface area contributed by atoms with Crippen LogP contribution in [0.25, 0.3) is 5.57 Å². The maximum absolute atomic E-state index is 14.0. The summed E-state index contributed by atoms with van der Waals surface area (Å²) in [6.45, 7) is 2.65. The Morgan fingerprint density at radius 3 is 2.75 bits per heavy atom. The van der Waals surface area contributed by atoms with Crippen molar-refractivity contribution in [3.8, 4) is 5.75 Å². The summed E-state index contributed by atoms with van der Waals surface area (Å²) in [6.07, 6.45) is 12.4. The standard InChI is InChI=1S/C27H26FN3O/c1-18-12-22(15-29-14-18)21-8-10-25(20-4-3-5-23(28)13-20)31(16-21)17-24-9-11-26(32-2)27(30-24)19-6-7-19/h3-5,8-16,19,25H,6-7,17H2,1-2H3. The van der Waals surface area contributed by atoms with Gasteiger partial charge in [0.15, 0.2) is 0 Å². The molecule has 0 N–H and O–H groups in total. The SMILES string of the molecule is COc1ccc(CN2C=C(c3cncc(C)c3)C=CC2c2cccc(F)c2)nc1C1CC1. The van der Waals surface area contributed by atoms with Gasteiger partial charge in [-0.15, -0.1) is 0 Å². The quantitative estimate of drug-likeness (QED) is 0.486. The van der Waals surface area contributed by atoms with Crippen molar-refractivity contribution in [1.82, 2.24) is 14.9 Å². The summed E-state index contributed by atoms with van der Waals surface area (Å²) in [4.78, 5) is 11.5. The van der Waals surface area contributed by atoms with Gasteiger partial charge in [-0.1, -0.05) is 24.3 Å². The van der Waals surface area contributed by atoms with Gasteiger partial charge in [0.05, 0.1) is 31.1 Å². The molecule has 3 heterocycles. The van der Waals surface area contributed by atoms with Gasteiger partial charge in [-0.2, -0.15) is 0 Å². The van der Waals surface area contributed by atoms with Crippen molar-refractivity contribution in [2.75, 3.05) is 7.11 Å². The Hall–Kier alpha value is -3.47. The van der Waals surface area contributed by atoms with E-state index in [-0.39, 0.29) is 11.9 Å². The first-order chi connectivity index (χ1) is 15.6. The lowest BCUT2D eigenvalue weighted by Gasteiger charge is -2.32. The first-order valence-electron chi connectivity index (χ1n) is 11.0. The average molecular weight is 428 g/mol. The minimum Gasteiger partial charge on any atom is -0.495 e. The zero-order chi connectivity index (χ0) is 22.1. The highest BCUT2D eigenvalue weighted by atomic mass is 19.1. The number of rotatable bonds is 6. The fraction of sp³-hybridized carbons (Fsp3) is 0.259. The van der Waals surface area contributed by atoms with E-state index in [0.717, 1.165) is 52.2 Å². The molecule has 0 spiro atoms. The lowest BCUT2D eigenvalue weighted by molar-refractivity contribution is 0.309. The molecular formula is C27H26FN3O. The topological polar surface area (TPSA) is 38.2 Å². The van der Waals surface area contributed by atoms with Crippen molar-refractivity contribution in [1.29, 1.82) is 0 Å². The Balaban J connectivity index is 1.51. The second-order valence-corrected chi connectivity index (χ2v) is 8.53. The molecular weight excluding hydrogens is 401 g/mol. The van der Waals surface area contributed by atoms with E-state index in [1.165, 1.54) is 6.07 Å². The van der Waals surface area contributed by atoms with Crippen LogP contribution in [0.4, 0.5) is 4.39 Å². The van der Waals surface area contributed by atoms with Crippen LogP contribution < -0.4 is 4.74 Å². The molecule has 32 heavy (non-hydrogen) atoms. The van der Waals surface area contributed by atoms with Crippen molar-refractivity contribution in [3.05, 3.63) is 107 Å². The summed E-state index contributed by atoms with van der Waals surface area (Å²) < 4.78 is 19.5. The first-order valence-corrected chi connectivity index (χ1v) is 11.0. The van der Waals surface area contributed by atoms with Gasteiger partial charge in [-0.3, -0.25) is 9.97 Å². The van der Waals surface area contributed by atoms with Gasteiger partial charge in [-0.05, 0) is 66.8 Å². The number of benzene rings is 1. The number of hydrogen-bond donors (Lipinski definition) is 0. The molecule has 2 aromatic heterocycles. The van der Waals surface area contributed by atoms with Gasteiger partial charge in [0, 0.05) is 30.1 Å². The van der Waals surface area contributed by atoms with Crippen LogP contribution in [0.5, 0.6) is 5.75 Å². The summed E-state index contributed by atoms with van der Waals surface area (Å²) in [7, 11) is 1.70. The summed E-state index contributed by atoms with van der Waals surface area (Å²) in [5.41, 5.74) is 6.18. The molecule has 1 atom stereocenters. The van der Waals surface area contributed by atoms with Gasteiger partial charge in [0.2, 0.25) is 0 Å². The van der Waals surface area contributed by atoms with Crippen LogP contribution in [0.15, 0.2) is 73.2 Å². The predicted molar refractivity (Wildman–Crippen MR) is 124 cm³/mol. The van der Waals surface area contributed by atoms with E-state index in [1.807, 2.05) is 37.5 Å². The molecule has 0 amide bonds. The van der Waals surface area contributed by atoms with Crippen molar-refractivity contribution in [2.45, 2.75) is 38.3 Å². The number of ether oxygens (including phenoxy) is 1. The molecule has 1 fully saturated rings. The van der Waals surface area contributed by atoms with Crippen LogP contribution in [0.2, 0.25) is 0 Å². The van der Waals surface area contributed by atoms with Crippen LogP contribution in [-0.2, 0) is 6.54 Å². The van der Waals surface area contributed by atoms with Crippen LogP contribution >= 0.6 is 0 Å². The molecule has 1 aliphatic carbocycles. The molecule has 4 nitrogen and oxygen atoms in total. The molecule has 162 valence electrons. The highest BCUT2D eigenvalue weighted by Crippen LogP contribution is 2.43. The Morgan fingerprint density at radius 1 is 1.12 bits per heavy atom. The number of methoxy groups -OCH3 is 1. The molecule has 1 saturated carbocycles. The number of allylic oxidation sites excluding steroid dienone is 2. The number of aromatic nitrogens is 2. The summed E-state index contributed by atoms with van der Waals surface area (Å²) in [5, 5.41) is 0. The van der Waals surface area contributed by atoms with Crippen LogP contribution in [0.1, 0.15) is 52.9 Å². The van der Waals surface area contributed by atoms with Crippen molar-refractivity contribution in [3.63, 3.8) is 0 Å². The van der Waals surface area contributed by atoms with Gasteiger partial charge in [-0.25, -0.2) is 4.39 Å². The normalized spacial score (nSPS) is 17.9. The van der Waals surface area contributed by atoms with E-state index in [2.05, 4.69) is 34.3 Å². The maximum atomic E-state index is 14.0. The van der Waals surface area contributed by atoms with E-state index in [0.29, 0.717) is 12.5 Å². The van der Waals surface area contributed by atoms with Crippen molar-refractivity contribution < 1.29 is 9.13 Å². The summed E-state index contributed by atoms with van der Waals surface area (Å²) in [5.74, 6) is 1.13. The average Bonchev–Trinajstić information content (AvgIpc) is 3.64. The van der Waals surface area contributed by atoms with Crippen LogP contribution in [0.3, 0.4) is 0 Å². The van der Waals surface area contributed by atoms with E-state index < -0.39 is 0 Å². The van der Waals surface area contributed by atoms with Crippen molar-refractivity contribution >= 4 is 5.57 Å². The molecule has 0 saturated heterocycles. The predicted octanol–water partition coefficient (Wildman–Crippen LogP) is 5.96. The largest absolute Gasteiger partial charge is 0.495 e. The van der Waals surface area contributed by atoms with Crippen molar-refractivity contribution in [2.24, 2.45) is 0 Å². The lowest BCUT2D eigenvalue weighted by atomic mass is 9.97. The monoisotopic (exact) mass is 427 g/mol. The van der Waals surface area contributed by atoms with Gasteiger partial charge in [0.25, 0.3) is 0 Å². The third-order valence-electron chi connectivity index (χ3n) is 5.99. The zero-order valence-electron chi connectivity index (χ0n) is 18.3. The second kappa shape index (κ2) is 8.58. The fourth-order valence-electron chi connectivity index (χ4n) is 4.23. The van der Waals surface area contributed by atoms with Gasteiger partial charge < -0.3 is 9.64 Å². The molecule has 1 aromatic carbocycles. The highest BCUT2D eigenvalue weighted by molar-refractivity contribution is 5.74. The molecule has 1 aliphatic heterocycles. The molecule has 1 unspecified atom stereocenters. The number of aryl methyl sites for hydroxylation is 1. The van der Waals surface area contributed by atoms with E-state index in [9.17, 15) is 4.39 Å². The maximum Gasteiger partial charge on any atom is 0.140 e. The number of halogens is 1. The Labute approximate surface area is 188 Å². The summed E-state index contributed by atoms with van der Waals surface area (Å²) in [6, 6.07) is 12.9. The Kier molecular flexibility index (Phi) is 5.48. The van der Waals surface area contributed by atoms with Gasteiger partial charge >= 0.3 is 0 Å². The lowest BCUT2D eigenvalue weighted by Crippen LogP contribution is -2.25. The number of pyridine rings is 2.